The molecule has 17 heavy (non-hydrogen) atoms. The van der Waals surface area contributed by atoms with E-state index in [0.29, 0.717) is 0 Å². The summed E-state index contributed by atoms with van der Waals surface area (Å²) in [5.74, 6) is -2.83. The molecule has 1 aromatic rings. The van der Waals surface area contributed by atoms with Gasteiger partial charge in [-0.05, 0) is 18.2 Å². The van der Waals surface area contributed by atoms with Crippen LogP contribution >= 0.6 is 0 Å². The Morgan fingerprint density at radius 2 is 1.71 bits per heavy atom. The number of hydrogen-bond donors (Lipinski definition) is 4. The standard InChI is InChI=1S/C8H7NO7S/c10-7(11)4-1-2-5(8(12)13)6(3-4)9-17(14,15)16/h1-3,9H,(H,10,11)(H,12,13)(H,14,15,16). The second-order valence-electron chi connectivity index (χ2n) is 2.95. The van der Waals surface area contributed by atoms with Gasteiger partial charge in [-0.1, -0.05) is 0 Å². The van der Waals surface area contributed by atoms with Crippen LogP contribution in [0.5, 0.6) is 0 Å². The van der Waals surface area contributed by atoms with Gasteiger partial charge >= 0.3 is 22.2 Å². The Morgan fingerprint density at radius 1 is 1.12 bits per heavy atom. The Kier molecular flexibility index (Phi) is 3.34. The van der Waals surface area contributed by atoms with Gasteiger partial charge in [0.2, 0.25) is 0 Å². The first-order valence-electron chi connectivity index (χ1n) is 4.06. The molecule has 0 unspecified atom stereocenters. The molecule has 1 aromatic carbocycles. The van der Waals surface area contributed by atoms with Crippen LogP contribution in [-0.2, 0) is 10.3 Å². The third kappa shape index (κ3) is 3.43. The Bertz CT molecular complexity index is 578. The van der Waals surface area contributed by atoms with Crippen LogP contribution in [-0.4, -0.2) is 35.1 Å². The number of carbonyl (C=O) groups is 2. The number of nitrogens with one attached hydrogen (secondary N) is 1. The summed E-state index contributed by atoms with van der Waals surface area (Å²) in [6.07, 6.45) is 0. The summed E-state index contributed by atoms with van der Waals surface area (Å²) in [4.78, 5) is 21.3. The van der Waals surface area contributed by atoms with Crippen LogP contribution in [0.1, 0.15) is 20.7 Å². The molecule has 0 amide bonds. The minimum absolute atomic E-state index is 0.318. The molecule has 0 atom stereocenters. The van der Waals surface area contributed by atoms with E-state index in [1.807, 2.05) is 0 Å². The van der Waals surface area contributed by atoms with E-state index in [9.17, 15) is 18.0 Å². The van der Waals surface area contributed by atoms with Gasteiger partial charge in [0.05, 0.1) is 16.8 Å². The lowest BCUT2D eigenvalue weighted by Crippen LogP contribution is -2.14. The molecular formula is C8H7NO7S. The number of carboxylic acid groups (broad SMARTS) is 2. The summed E-state index contributed by atoms with van der Waals surface area (Å²) >= 11 is 0. The van der Waals surface area contributed by atoms with Gasteiger partial charge in [-0.3, -0.25) is 9.27 Å². The van der Waals surface area contributed by atoms with Gasteiger partial charge < -0.3 is 10.2 Å². The van der Waals surface area contributed by atoms with Gasteiger partial charge in [0.25, 0.3) is 0 Å². The molecule has 4 N–H and O–H groups in total. The largest absolute Gasteiger partial charge is 0.478 e. The van der Waals surface area contributed by atoms with Crippen molar-refractivity contribution < 1.29 is 32.8 Å². The summed E-state index contributed by atoms with van der Waals surface area (Å²) in [6.45, 7) is 0. The quantitative estimate of drug-likeness (QED) is 0.571. The predicted octanol–water partition coefficient (Wildman–Crippen LogP) is 0.298. The van der Waals surface area contributed by atoms with Crippen LogP contribution in [0.2, 0.25) is 0 Å². The molecule has 0 heterocycles. The molecule has 0 aliphatic heterocycles. The molecule has 0 radical (unpaired) electrons. The fourth-order valence-corrected chi connectivity index (χ4v) is 1.53. The molecule has 0 saturated heterocycles. The third-order valence-electron chi connectivity index (χ3n) is 1.74. The average molecular weight is 261 g/mol. The van der Waals surface area contributed by atoms with Gasteiger partial charge in [-0.2, -0.15) is 8.42 Å². The van der Waals surface area contributed by atoms with Crippen molar-refractivity contribution in [3.63, 3.8) is 0 Å². The number of rotatable bonds is 4. The third-order valence-corrected chi connectivity index (χ3v) is 2.21. The van der Waals surface area contributed by atoms with Crippen molar-refractivity contribution in [2.24, 2.45) is 0 Å². The first-order valence-corrected chi connectivity index (χ1v) is 5.50. The zero-order valence-electron chi connectivity index (χ0n) is 8.11. The lowest BCUT2D eigenvalue weighted by molar-refractivity contribution is 0.0682. The van der Waals surface area contributed by atoms with Crippen molar-refractivity contribution in [3.8, 4) is 0 Å². The van der Waals surface area contributed by atoms with Crippen LogP contribution in [0.25, 0.3) is 0 Å². The van der Waals surface area contributed by atoms with Crippen LogP contribution < -0.4 is 4.72 Å². The number of aromatic carboxylic acids is 2. The molecule has 0 saturated carbocycles. The Labute approximate surface area is 95.4 Å². The van der Waals surface area contributed by atoms with Crippen molar-refractivity contribution in [2.45, 2.75) is 0 Å². The van der Waals surface area contributed by atoms with Gasteiger partial charge in [0, 0.05) is 0 Å². The van der Waals surface area contributed by atoms with Crippen molar-refractivity contribution in [2.75, 3.05) is 4.72 Å². The Balaban J connectivity index is 3.35. The van der Waals surface area contributed by atoms with E-state index in [1.54, 1.807) is 0 Å². The van der Waals surface area contributed by atoms with Crippen molar-refractivity contribution in [1.29, 1.82) is 0 Å². The second-order valence-corrected chi connectivity index (χ2v) is 4.10. The first kappa shape index (κ1) is 12.9. The molecule has 0 spiro atoms. The van der Waals surface area contributed by atoms with E-state index < -0.39 is 33.5 Å². The molecule has 0 aliphatic carbocycles. The summed E-state index contributed by atoms with van der Waals surface area (Å²) in [6, 6.07) is 2.71. The van der Waals surface area contributed by atoms with E-state index in [1.165, 1.54) is 4.72 Å². The SMILES string of the molecule is O=C(O)c1ccc(C(=O)O)c(NS(=O)(=O)O)c1. The van der Waals surface area contributed by atoms with Gasteiger partial charge in [-0.25, -0.2) is 9.59 Å². The maximum absolute atomic E-state index is 10.7. The monoisotopic (exact) mass is 261 g/mol. The highest BCUT2D eigenvalue weighted by Gasteiger charge is 2.16. The fourth-order valence-electron chi connectivity index (χ4n) is 1.09. The van der Waals surface area contributed by atoms with Crippen LogP contribution in [0, 0.1) is 0 Å². The highest BCUT2D eigenvalue weighted by molar-refractivity contribution is 7.87. The average Bonchev–Trinajstić information content (AvgIpc) is 2.14. The van der Waals surface area contributed by atoms with Gasteiger partial charge in [-0.15, -0.1) is 0 Å². The molecular weight excluding hydrogens is 254 g/mol. The normalized spacial score (nSPS) is 10.9. The van der Waals surface area contributed by atoms with Crippen molar-refractivity contribution in [1.82, 2.24) is 0 Å². The zero-order valence-corrected chi connectivity index (χ0v) is 8.93. The topological polar surface area (TPSA) is 141 Å². The van der Waals surface area contributed by atoms with E-state index in [2.05, 4.69) is 0 Å². The lowest BCUT2D eigenvalue weighted by atomic mass is 10.1. The fraction of sp³-hybridized carbons (Fsp3) is 0. The van der Waals surface area contributed by atoms with Crippen LogP contribution in [0.15, 0.2) is 18.2 Å². The number of anilines is 1. The lowest BCUT2D eigenvalue weighted by Gasteiger charge is -2.07. The smallest absolute Gasteiger partial charge is 0.357 e. The molecule has 9 heteroatoms. The Hall–Kier alpha value is -2.13. The Morgan fingerprint density at radius 3 is 2.12 bits per heavy atom. The second kappa shape index (κ2) is 4.39. The van der Waals surface area contributed by atoms with Crippen molar-refractivity contribution in [3.05, 3.63) is 29.3 Å². The molecule has 0 fully saturated rings. The zero-order chi connectivity index (χ0) is 13.2. The van der Waals surface area contributed by atoms with Crippen molar-refractivity contribution >= 4 is 27.9 Å². The molecule has 0 aromatic heterocycles. The molecule has 0 bridgehead atoms. The van der Waals surface area contributed by atoms with Gasteiger partial charge in [0.1, 0.15) is 0 Å². The van der Waals surface area contributed by atoms with Gasteiger partial charge in [0.15, 0.2) is 0 Å². The minimum Gasteiger partial charge on any atom is -0.478 e. The number of hydrogen-bond acceptors (Lipinski definition) is 4. The molecule has 1 rings (SSSR count). The number of carboxylic acids is 2. The summed E-state index contributed by atoms with van der Waals surface area (Å²) in [7, 11) is -4.68. The van der Waals surface area contributed by atoms with E-state index in [4.69, 9.17) is 14.8 Å². The van der Waals surface area contributed by atoms with E-state index in [-0.39, 0.29) is 5.56 Å². The first-order chi connectivity index (χ1) is 7.70. The maximum atomic E-state index is 10.7. The number of benzene rings is 1. The highest BCUT2D eigenvalue weighted by Crippen LogP contribution is 2.19. The molecule has 8 nitrogen and oxygen atoms in total. The maximum Gasteiger partial charge on any atom is 0.357 e. The molecule has 92 valence electrons. The summed E-state index contributed by atoms with van der Waals surface area (Å²) in [5, 5.41) is 17.4. The van der Waals surface area contributed by atoms with E-state index >= 15 is 0 Å². The molecule has 0 aliphatic rings. The van der Waals surface area contributed by atoms with Crippen LogP contribution in [0.4, 0.5) is 5.69 Å². The highest BCUT2D eigenvalue weighted by atomic mass is 32.2. The predicted molar refractivity (Wildman–Crippen MR) is 55.5 cm³/mol. The minimum atomic E-state index is -4.68. The summed E-state index contributed by atoms with van der Waals surface area (Å²) in [5.41, 5.74) is -1.33. The van der Waals surface area contributed by atoms with Crippen LogP contribution in [0.3, 0.4) is 0 Å². The van der Waals surface area contributed by atoms with E-state index in [0.717, 1.165) is 18.2 Å². The summed E-state index contributed by atoms with van der Waals surface area (Å²) < 4.78 is 31.2.